The van der Waals surface area contributed by atoms with Gasteiger partial charge in [0.05, 0.1) is 26.0 Å². The Hall–Kier alpha value is -3.35. The Bertz CT molecular complexity index is 1090. The number of aromatic amines is 1. The molecule has 4 rings (SSSR count). The van der Waals surface area contributed by atoms with Crippen LogP contribution in [0.25, 0.3) is 0 Å². The van der Waals surface area contributed by atoms with Gasteiger partial charge in [0, 0.05) is 16.8 Å². The van der Waals surface area contributed by atoms with Crippen molar-refractivity contribution in [3.63, 3.8) is 0 Å². The first-order valence-electron chi connectivity index (χ1n) is 10.0. The maximum absolute atomic E-state index is 13.5. The van der Waals surface area contributed by atoms with Crippen LogP contribution in [-0.4, -0.2) is 35.3 Å². The van der Waals surface area contributed by atoms with Crippen LogP contribution >= 0.6 is 0 Å². The van der Waals surface area contributed by atoms with Gasteiger partial charge in [0.25, 0.3) is 5.91 Å². The van der Waals surface area contributed by atoms with Crippen molar-refractivity contribution in [2.24, 2.45) is 5.92 Å². The lowest BCUT2D eigenvalue weighted by Crippen LogP contribution is -2.30. The Kier molecular flexibility index (Phi) is 5.20. The third-order valence-corrected chi connectivity index (χ3v) is 5.30. The Balaban J connectivity index is 1.96. The molecule has 1 aromatic carbocycles. The molecule has 0 spiro atoms. The number of pyridine rings is 1. The number of fused-ring (bicyclic) bond motifs is 1. The second kappa shape index (κ2) is 7.82. The van der Waals surface area contributed by atoms with Crippen LogP contribution in [-0.2, 0) is 6.42 Å². The molecular formula is C23H26N4O3. The highest BCUT2D eigenvalue weighted by Gasteiger charge is 2.44. The Morgan fingerprint density at radius 2 is 1.97 bits per heavy atom. The molecule has 156 valence electrons. The van der Waals surface area contributed by atoms with E-state index >= 15 is 0 Å². The van der Waals surface area contributed by atoms with Gasteiger partial charge in [0.2, 0.25) is 0 Å². The number of benzene rings is 1. The van der Waals surface area contributed by atoms with Gasteiger partial charge in [-0.3, -0.25) is 14.8 Å². The zero-order valence-corrected chi connectivity index (χ0v) is 17.9. The minimum atomic E-state index is -0.417. The van der Waals surface area contributed by atoms with Gasteiger partial charge >= 0.3 is 0 Å². The average molecular weight is 406 g/mol. The van der Waals surface area contributed by atoms with E-state index in [2.05, 4.69) is 29.0 Å². The Morgan fingerprint density at radius 1 is 1.17 bits per heavy atom. The maximum Gasteiger partial charge on any atom is 0.278 e. The van der Waals surface area contributed by atoms with Gasteiger partial charge in [-0.2, -0.15) is 5.10 Å². The normalized spacial score (nSPS) is 15.6. The van der Waals surface area contributed by atoms with Crippen molar-refractivity contribution in [3.8, 4) is 11.5 Å². The minimum Gasteiger partial charge on any atom is -0.497 e. The number of anilines is 1. The van der Waals surface area contributed by atoms with E-state index in [1.807, 2.05) is 43.3 Å². The van der Waals surface area contributed by atoms with Crippen molar-refractivity contribution in [3.05, 3.63) is 64.6 Å². The van der Waals surface area contributed by atoms with Crippen molar-refractivity contribution in [1.29, 1.82) is 0 Å². The summed E-state index contributed by atoms with van der Waals surface area (Å²) < 4.78 is 11.1. The number of methoxy groups -OCH3 is 2. The lowest BCUT2D eigenvalue weighted by atomic mass is 9.94. The molecule has 3 aromatic rings. The van der Waals surface area contributed by atoms with Crippen LogP contribution in [0, 0.1) is 12.8 Å². The lowest BCUT2D eigenvalue weighted by Gasteiger charge is -2.27. The zero-order chi connectivity index (χ0) is 21.4. The number of carbonyl (C=O) groups excluding carboxylic acids is 1. The third-order valence-electron chi connectivity index (χ3n) is 5.30. The number of hydrogen-bond acceptors (Lipinski definition) is 5. The molecule has 1 amide bonds. The molecule has 7 heteroatoms. The van der Waals surface area contributed by atoms with Gasteiger partial charge < -0.3 is 9.47 Å². The number of aryl methyl sites for hydroxylation is 1. The summed E-state index contributed by atoms with van der Waals surface area (Å²) in [6, 6.07) is 10.9. The molecular weight excluding hydrogens is 380 g/mol. The predicted molar refractivity (Wildman–Crippen MR) is 114 cm³/mol. The van der Waals surface area contributed by atoms with Crippen molar-refractivity contribution in [2.45, 2.75) is 33.2 Å². The molecule has 1 unspecified atom stereocenters. The van der Waals surface area contributed by atoms with Gasteiger partial charge in [-0.25, -0.2) is 4.98 Å². The third kappa shape index (κ3) is 3.30. The summed E-state index contributed by atoms with van der Waals surface area (Å²) in [7, 11) is 3.25. The molecule has 1 aliphatic rings. The second-order valence-corrected chi connectivity index (χ2v) is 7.88. The predicted octanol–water partition coefficient (Wildman–Crippen LogP) is 4.08. The fourth-order valence-corrected chi connectivity index (χ4v) is 4.00. The summed E-state index contributed by atoms with van der Waals surface area (Å²) in [5.41, 5.74) is 3.94. The molecule has 2 aromatic heterocycles. The summed E-state index contributed by atoms with van der Waals surface area (Å²) in [6.07, 6.45) is 0.761. The molecule has 3 heterocycles. The summed E-state index contributed by atoms with van der Waals surface area (Å²) in [4.78, 5) is 19.8. The number of amides is 1. The van der Waals surface area contributed by atoms with E-state index in [4.69, 9.17) is 9.47 Å². The molecule has 0 fully saturated rings. The number of H-pyrrole nitrogens is 1. The quantitative estimate of drug-likeness (QED) is 0.667. The van der Waals surface area contributed by atoms with E-state index in [1.54, 1.807) is 19.1 Å². The summed E-state index contributed by atoms with van der Waals surface area (Å²) in [5.74, 6) is 2.20. The summed E-state index contributed by atoms with van der Waals surface area (Å²) >= 11 is 0. The average Bonchev–Trinajstić information content (AvgIpc) is 3.26. The van der Waals surface area contributed by atoms with Crippen molar-refractivity contribution >= 4 is 11.7 Å². The molecule has 1 N–H and O–H groups in total. The number of nitrogens with zero attached hydrogens (tertiary/aromatic N) is 3. The number of hydrogen-bond donors (Lipinski definition) is 1. The number of nitrogens with one attached hydrogen (secondary N) is 1. The Labute approximate surface area is 176 Å². The van der Waals surface area contributed by atoms with Gasteiger partial charge in [0.1, 0.15) is 23.0 Å². The molecule has 1 aliphatic heterocycles. The van der Waals surface area contributed by atoms with Gasteiger partial charge in [0.15, 0.2) is 0 Å². The fourth-order valence-electron chi connectivity index (χ4n) is 4.00. The lowest BCUT2D eigenvalue weighted by molar-refractivity contribution is 0.0988. The SMILES string of the molecule is COc1ccc(OC)c(C2c3c(CC(C)C)n[nH]c3C(=O)N2c2cccc(C)n2)c1. The molecule has 30 heavy (non-hydrogen) atoms. The van der Waals surface area contributed by atoms with Crippen LogP contribution in [0.2, 0.25) is 0 Å². The molecule has 0 saturated carbocycles. The van der Waals surface area contributed by atoms with Crippen LogP contribution in [0.5, 0.6) is 11.5 Å². The summed E-state index contributed by atoms with van der Waals surface area (Å²) in [5, 5.41) is 7.46. The van der Waals surface area contributed by atoms with E-state index in [1.165, 1.54) is 0 Å². The summed E-state index contributed by atoms with van der Waals surface area (Å²) in [6.45, 7) is 6.19. The standard InChI is InChI=1S/C23H26N4O3/c1-13(2)11-17-20-21(26-25-17)23(28)27(19-8-6-7-14(3)24-19)22(20)16-12-15(29-4)9-10-18(16)30-5/h6-10,12-13,22H,11H2,1-5H3,(H,25,26). The van der Waals surface area contributed by atoms with E-state index in [0.29, 0.717) is 28.9 Å². The molecule has 0 aliphatic carbocycles. The monoisotopic (exact) mass is 406 g/mol. The fraction of sp³-hybridized carbons (Fsp3) is 0.348. The topological polar surface area (TPSA) is 80.3 Å². The van der Waals surface area contributed by atoms with Crippen molar-refractivity contribution in [1.82, 2.24) is 15.2 Å². The number of ether oxygens (including phenoxy) is 2. The van der Waals surface area contributed by atoms with Crippen molar-refractivity contribution < 1.29 is 14.3 Å². The van der Waals surface area contributed by atoms with Crippen LogP contribution < -0.4 is 14.4 Å². The first-order valence-corrected chi connectivity index (χ1v) is 10.0. The highest BCUT2D eigenvalue weighted by atomic mass is 16.5. The number of aromatic nitrogens is 3. The minimum absolute atomic E-state index is 0.152. The van der Waals surface area contributed by atoms with Gasteiger partial charge in [-0.05, 0) is 49.6 Å². The van der Waals surface area contributed by atoms with Crippen LogP contribution in [0.1, 0.15) is 52.9 Å². The highest BCUT2D eigenvalue weighted by Crippen LogP contribution is 2.46. The van der Waals surface area contributed by atoms with Crippen molar-refractivity contribution in [2.75, 3.05) is 19.1 Å². The Morgan fingerprint density at radius 3 is 2.63 bits per heavy atom. The first-order chi connectivity index (χ1) is 14.4. The largest absolute Gasteiger partial charge is 0.497 e. The molecule has 0 bridgehead atoms. The van der Waals surface area contributed by atoms with Crippen LogP contribution in [0.3, 0.4) is 0 Å². The molecule has 1 atom stereocenters. The van der Waals surface area contributed by atoms with Gasteiger partial charge in [-0.1, -0.05) is 19.9 Å². The van der Waals surface area contributed by atoms with E-state index < -0.39 is 6.04 Å². The maximum atomic E-state index is 13.5. The molecule has 7 nitrogen and oxygen atoms in total. The highest BCUT2D eigenvalue weighted by molar-refractivity contribution is 6.10. The van der Waals surface area contributed by atoms with Gasteiger partial charge in [-0.15, -0.1) is 0 Å². The van der Waals surface area contributed by atoms with E-state index in [9.17, 15) is 4.79 Å². The van der Waals surface area contributed by atoms with E-state index in [-0.39, 0.29) is 5.91 Å². The van der Waals surface area contributed by atoms with E-state index in [0.717, 1.165) is 28.9 Å². The molecule has 0 saturated heterocycles. The molecule has 0 radical (unpaired) electrons. The zero-order valence-electron chi connectivity index (χ0n) is 17.9. The van der Waals surface area contributed by atoms with Crippen LogP contribution in [0.4, 0.5) is 5.82 Å². The van der Waals surface area contributed by atoms with Crippen LogP contribution in [0.15, 0.2) is 36.4 Å². The smallest absolute Gasteiger partial charge is 0.278 e. The second-order valence-electron chi connectivity index (χ2n) is 7.88. The number of carbonyl (C=O) groups is 1. The number of rotatable bonds is 6. The first kappa shape index (κ1) is 19.9.